The van der Waals surface area contributed by atoms with Gasteiger partial charge in [0.25, 0.3) is 0 Å². The molecule has 0 aliphatic carbocycles. The Morgan fingerprint density at radius 3 is 2.35 bits per heavy atom. The van der Waals surface area contributed by atoms with Crippen molar-refractivity contribution in [3.8, 4) is 0 Å². The van der Waals surface area contributed by atoms with Crippen molar-refractivity contribution >= 4 is 34.6 Å². The van der Waals surface area contributed by atoms with Crippen molar-refractivity contribution in [3.63, 3.8) is 0 Å². The summed E-state index contributed by atoms with van der Waals surface area (Å²) in [5, 5.41) is 15.9. The van der Waals surface area contributed by atoms with Crippen LogP contribution in [0.1, 0.15) is 56.9 Å². The molecule has 1 aliphatic heterocycles. The minimum Gasteiger partial charge on any atom is -0.480 e. The van der Waals surface area contributed by atoms with Crippen molar-refractivity contribution in [1.82, 2.24) is 20.5 Å². The molecule has 2 heterocycles. The van der Waals surface area contributed by atoms with Crippen molar-refractivity contribution in [2.45, 2.75) is 82.0 Å². The second-order valence-electron chi connectivity index (χ2n) is 10.4. The molecule has 1 aromatic heterocycles. The van der Waals surface area contributed by atoms with E-state index in [4.69, 9.17) is 17.2 Å². The van der Waals surface area contributed by atoms with Crippen molar-refractivity contribution in [3.05, 3.63) is 36.0 Å². The Bertz CT molecular complexity index is 1150. The second-order valence-corrected chi connectivity index (χ2v) is 10.4. The summed E-state index contributed by atoms with van der Waals surface area (Å²) in [6, 6.07) is 4.14. The highest BCUT2D eigenvalue weighted by atomic mass is 16.4. The molecule has 1 saturated heterocycles. The molecule has 0 radical (unpaired) electrons. The highest BCUT2D eigenvalue weighted by Crippen LogP contribution is 2.22. The van der Waals surface area contributed by atoms with E-state index in [1.54, 1.807) is 0 Å². The molecule has 2 aromatic rings. The molecule has 4 atom stereocenters. The predicted molar refractivity (Wildman–Crippen MR) is 152 cm³/mol. The molecule has 0 bridgehead atoms. The number of aromatic amines is 1. The van der Waals surface area contributed by atoms with Gasteiger partial charge in [-0.1, -0.05) is 18.2 Å². The molecule has 0 spiro atoms. The van der Waals surface area contributed by atoms with Gasteiger partial charge in [0.15, 0.2) is 0 Å². The first-order valence-corrected chi connectivity index (χ1v) is 14.1. The first kappa shape index (κ1) is 31.1. The number of benzene rings is 1. The first-order valence-electron chi connectivity index (χ1n) is 14.1. The minimum absolute atomic E-state index is 0.237. The van der Waals surface area contributed by atoms with Gasteiger partial charge >= 0.3 is 5.97 Å². The lowest BCUT2D eigenvalue weighted by atomic mass is 10.0. The van der Waals surface area contributed by atoms with Crippen LogP contribution in [0.2, 0.25) is 0 Å². The van der Waals surface area contributed by atoms with Crippen LogP contribution in [0.25, 0.3) is 10.9 Å². The molecule has 3 amide bonds. The van der Waals surface area contributed by atoms with Gasteiger partial charge in [-0.15, -0.1) is 0 Å². The fourth-order valence-electron chi connectivity index (χ4n) is 5.19. The van der Waals surface area contributed by atoms with Crippen LogP contribution in [0.15, 0.2) is 30.5 Å². The first-order chi connectivity index (χ1) is 19.3. The molecule has 1 aromatic carbocycles. The number of nitrogens with two attached hydrogens (primary N) is 3. The number of H-pyrrole nitrogens is 1. The van der Waals surface area contributed by atoms with Crippen LogP contribution in [-0.2, 0) is 25.6 Å². The third kappa shape index (κ3) is 8.26. The molecule has 12 heteroatoms. The third-order valence-electron chi connectivity index (χ3n) is 7.41. The molecule has 1 fully saturated rings. The monoisotopic (exact) mass is 557 g/mol. The standard InChI is InChI=1S/C28H43N7O5/c29-13-5-3-10-22(25(36)34-23(28(39)40)11-4-6-14-30)33-26(37)24-12-7-15-35(24)27(38)20(31)16-18-17-32-21-9-2-1-8-19(18)21/h1-2,8-9,17,20,22-24,32H,3-7,10-16,29-31H2,(H,33,37)(H,34,36)(H,39,40). The number of fused-ring (bicyclic) bond motifs is 1. The molecule has 40 heavy (non-hydrogen) atoms. The minimum atomic E-state index is -1.14. The lowest BCUT2D eigenvalue weighted by Gasteiger charge is -2.28. The SMILES string of the molecule is NCCCCC(NC(=O)C(CCCCN)NC(=O)C1CCCN1C(=O)C(N)Cc1c[nH]c2ccccc12)C(=O)O. The number of likely N-dealkylation sites (tertiary alicyclic amines) is 1. The average Bonchev–Trinajstić information content (AvgIpc) is 3.59. The molecular weight excluding hydrogens is 514 g/mol. The number of rotatable bonds is 16. The number of carbonyl (C=O) groups is 4. The lowest BCUT2D eigenvalue weighted by molar-refractivity contribution is -0.143. The average molecular weight is 558 g/mol. The number of amides is 3. The van der Waals surface area contributed by atoms with E-state index >= 15 is 0 Å². The summed E-state index contributed by atoms with van der Waals surface area (Å²) in [5.41, 5.74) is 19.3. The smallest absolute Gasteiger partial charge is 0.326 e. The zero-order valence-corrected chi connectivity index (χ0v) is 22.9. The van der Waals surface area contributed by atoms with Crippen LogP contribution < -0.4 is 27.8 Å². The number of carboxylic acid groups (broad SMARTS) is 1. The highest BCUT2D eigenvalue weighted by molar-refractivity contribution is 5.94. The second kappa shape index (κ2) is 15.3. The van der Waals surface area contributed by atoms with E-state index < -0.39 is 42.0 Å². The molecular formula is C28H43N7O5. The molecule has 1 aliphatic rings. The van der Waals surface area contributed by atoms with E-state index in [0.717, 1.165) is 16.5 Å². The van der Waals surface area contributed by atoms with Crippen LogP contribution in [0.4, 0.5) is 0 Å². The van der Waals surface area contributed by atoms with Gasteiger partial charge in [0, 0.05) is 23.6 Å². The number of nitrogens with one attached hydrogen (secondary N) is 3. The molecule has 0 saturated carbocycles. The summed E-state index contributed by atoms with van der Waals surface area (Å²) in [6.45, 7) is 1.25. The summed E-state index contributed by atoms with van der Waals surface area (Å²) in [6.07, 6.45) is 6.19. The van der Waals surface area contributed by atoms with Crippen LogP contribution in [0.5, 0.6) is 0 Å². The number of carboxylic acids is 1. The Morgan fingerprint density at radius 1 is 1.00 bits per heavy atom. The van der Waals surface area contributed by atoms with E-state index in [2.05, 4.69) is 15.6 Å². The van der Waals surface area contributed by atoms with Gasteiger partial charge in [-0.2, -0.15) is 0 Å². The molecule has 3 rings (SSSR count). The van der Waals surface area contributed by atoms with Crippen molar-refractivity contribution in [2.75, 3.05) is 19.6 Å². The van der Waals surface area contributed by atoms with E-state index in [9.17, 15) is 24.3 Å². The Kier molecular flexibility index (Phi) is 11.9. The Morgan fingerprint density at radius 2 is 1.68 bits per heavy atom. The molecule has 12 nitrogen and oxygen atoms in total. The normalized spacial score (nSPS) is 17.4. The molecule has 10 N–H and O–H groups in total. The maximum Gasteiger partial charge on any atom is 0.326 e. The largest absolute Gasteiger partial charge is 0.480 e. The van der Waals surface area contributed by atoms with Crippen molar-refractivity contribution in [1.29, 1.82) is 0 Å². The molecule has 220 valence electrons. The lowest BCUT2D eigenvalue weighted by Crippen LogP contribution is -2.56. The van der Waals surface area contributed by atoms with E-state index in [1.165, 1.54) is 4.90 Å². The number of hydrogen-bond acceptors (Lipinski definition) is 7. The maximum atomic E-state index is 13.4. The number of nitrogens with zero attached hydrogens (tertiary/aromatic N) is 1. The number of para-hydroxylation sites is 1. The van der Waals surface area contributed by atoms with E-state index in [0.29, 0.717) is 71.0 Å². The Labute approximate surface area is 234 Å². The third-order valence-corrected chi connectivity index (χ3v) is 7.41. The fourth-order valence-corrected chi connectivity index (χ4v) is 5.19. The number of hydrogen-bond donors (Lipinski definition) is 7. The van der Waals surface area contributed by atoms with Crippen LogP contribution >= 0.6 is 0 Å². The molecule has 4 unspecified atom stereocenters. The van der Waals surface area contributed by atoms with Gasteiger partial charge in [-0.3, -0.25) is 14.4 Å². The van der Waals surface area contributed by atoms with E-state index in [1.807, 2.05) is 30.5 Å². The number of aliphatic carboxylic acids is 1. The summed E-state index contributed by atoms with van der Waals surface area (Å²) in [5.74, 6) is -2.49. The van der Waals surface area contributed by atoms with Crippen LogP contribution in [0, 0.1) is 0 Å². The van der Waals surface area contributed by atoms with Crippen LogP contribution in [-0.4, -0.2) is 82.5 Å². The number of carbonyl (C=O) groups excluding carboxylic acids is 3. The summed E-state index contributed by atoms with van der Waals surface area (Å²) < 4.78 is 0. The zero-order valence-electron chi connectivity index (χ0n) is 22.9. The van der Waals surface area contributed by atoms with Gasteiger partial charge in [0.2, 0.25) is 17.7 Å². The topological polar surface area (TPSA) is 210 Å². The van der Waals surface area contributed by atoms with Gasteiger partial charge in [-0.05, 0) is 82.5 Å². The van der Waals surface area contributed by atoms with Gasteiger partial charge in [0.05, 0.1) is 6.04 Å². The number of aromatic nitrogens is 1. The van der Waals surface area contributed by atoms with Crippen molar-refractivity contribution in [2.24, 2.45) is 17.2 Å². The van der Waals surface area contributed by atoms with Gasteiger partial charge < -0.3 is 42.8 Å². The summed E-state index contributed by atoms with van der Waals surface area (Å²) >= 11 is 0. The Hall–Kier alpha value is -3.48. The summed E-state index contributed by atoms with van der Waals surface area (Å²) in [4.78, 5) is 56.2. The quantitative estimate of drug-likeness (QED) is 0.143. The summed E-state index contributed by atoms with van der Waals surface area (Å²) in [7, 11) is 0. The zero-order chi connectivity index (χ0) is 29.1. The van der Waals surface area contributed by atoms with E-state index in [-0.39, 0.29) is 12.3 Å². The van der Waals surface area contributed by atoms with Crippen molar-refractivity contribution < 1.29 is 24.3 Å². The maximum absolute atomic E-state index is 13.4. The highest BCUT2D eigenvalue weighted by Gasteiger charge is 2.38. The fraction of sp³-hybridized carbons (Fsp3) is 0.571. The van der Waals surface area contributed by atoms with Gasteiger partial charge in [0.1, 0.15) is 18.1 Å². The predicted octanol–water partition coefficient (Wildman–Crippen LogP) is 0.341. The van der Waals surface area contributed by atoms with Gasteiger partial charge in [-0.25, -0.2) is 4.79 Å². The number of unbranched alkanes of at least 4 members (excludes halogenated alkanes) is 2. The Balaban J connectivity index is 1.65. The van der Waals surface area contributed by atoms with Crippen LogP contribution in [0.3, 0.4) is 0 Å².